The van der Waals surface area contributed by atoms with Crippen molar-refractivity contribution >= 4 is 18.3 Å². The molecule has 5 heteroatoms. The molecule has 19 heavy (non-hydrogen) atoms. The molecule has 3 nitrogen and oxygen atoms in total. The molecule has 0 spiro atoms. The third kappa shape index (κ3) is 4.18. The van der Waals surface area contributed by atoms with Crippen LogP contribution in [-0.4, -0.2) is 25.0 Å². The smallest absolute Gasteiger partial charge is 0.254 e. The van der Waals surface area contributed by atoms with Crippen LogP contribution in [0.2, 0.25) is 0 Å². The Balaban J connectivity index is 0.00000180. The topological polar surface area (TPSA) is 41.1 Å². The number of rotatable bonds is 4. The molecular weight excluding hydrogens is 267 g/mol. The average Bonchev–Trinajstić information content (AvgIpc) is 2.85. The summed E-state index contributed by atoms with van der Waals surface area (Å²) in [5, 5.41) is 6.14. The summed E-state index contributed by atoms with van der Waals surface area (Å²) in [7, 11) is 0. The average molecular weight is 287 g/mol. The highest BCUT2D eigenvalue weighted by Crippen LogP contribution is 2.12. The van der Waals surface area contributed by atoms with Crippen LogP contribution in [0.15, 0.2) is 18.2 Å². The molecule has 0 unspecified atom stereocenters. The predicted octanol–water partition coefficient (Wildman–Crippen LogP) is 2.43. The second-order valence-corrected chi connectivity index (χ2v) is 4.77. The van der Waals surface area contributed by atoms with Gasteiger partial charge in [-0.15, -0.1) is 12.4 Å². The van der Waals surface area contributed by atoms with Gasteiger partial charge in [-0.05, 0) is 44.4 Å². The first-order valence-corrected chi connectivity index (χ1v) is 6.45. The van der Waals surface area contributed by atoms with Crippen LogP contribution in [0.3, 0.4) is 0 Å². The van der Waals surface area contributed by atoms with E-state index in [1.807, 2.05) is 0 Å². The van der Waals surface area contributed by atoms with Crippen molar-refractivity contribution in [2.75, 3.05) is 13.1 Å². The number of nitrogens with one attached hydrogen (secondary N) is 2. The Kier molecular flexibility index (Phi) is 6.25. The number of aryl methyl sites for hydroxylation is 1. The molecule has 0 aromatic heterocycles. The summed E-state index contributed by atoms with van der Waals surface area (Å²) in [4.78, 5) is 11.8. The molecule has 1 aliphatic heterocycles. The monoisotopic (exact) mass is 286 g/mol. The van der Waals surface area contributed by atoms with Crippen molar-refractivity contribution in [1.82, 2.24) is 10.6 Å². The summed E-state index contributed by atoms with van der Waals surface area (Å²) in [5.74, 6) is -0.747. The van der Waals surface area contributed by atoms with Crippen molar-refractivity contribution in [1.29, 1.82) is 0 Å². The van der Waals surface area contributed by atoms with Gasteiger partial charge in [0, 0.05) is 12.6 Å². The lowest BCUT2D eigenvalue weighted by molar-refractivity contribution is 0.0948. The van der Waals surface area contributed by atoms with E-state index in [9.17, 15) is 9.18 Å². The van der Waals surface area contributed by atoms with Crippen molar-refractivity contribution in [3.05, 3.63) is 35.1 Å². The fourth-order valence-corrected chi connectivity index (χ4v) is 2.28. The van der Waals surface area contributed by atoms with Crippen LogP contribution in [0.1, 0.15) is 35.2 Å². The van der Waals surface area contributed by atoms with E-state index < -0.39 is 5.82 Å². The van der Waals surface area contributed by atoms with Gasteiger partial charge in [-0.2, -0.15) is 0 Å². The molecule has 1 aromatic rings. The molecule has 106 valence electrons. The largest absolute Gasteiger partial charge is 0.352 e. The summed E-state index contributed by atoms with van der Waals surface area (Å²) in [6.45, 7) is 3.31. The zero-order chi connectivity index (χ0) is 13.0. The first kappa shape index (κ1) is 15.9. The number of carbonyl (C=O) groups excluding carboxylic acids is 1. The minimum Gasteiger partial charge on any atom is -0.352 e. The van der Waals surface area contributed by atoms with Crippen LogP contribution in [0.4, 0.5) is 4.39 Å². The van der Waals surface area contributed by atoms with E-state index in [1.165, 1.54) is 12.5 Å². The quantitative estimate of drug-likeness (QED) is 0.892. The summed E-state index contributed by atoms with van der Waals surface area (Å²) in [6, 6.07) is 5.37. The van der Waals surface area contributed by atoms with Crippen LogP contribution in [0.5, 0.6) is 0 Å². The first-order valence-electron chi connectivity index (χ1n) is 6.45. The molecule has 1 aliphatic rings. The molecule has 2 N–H and O–H groups in total. The van der Waals surface area contributed by atoms with Crippen molar-refractivity contribution in [3.8, 4) is 0 Å². The highest BCUT2D eigenvalue weighted by molar-refractivity contribution is 5.94. The first-order chi connectivity index (χ1) is 8.68. The van der Waals surface area contributed by atoms with E-state index >= 15 is 0 Å². The van der Waals surface area contributed by atoms with E-state index in [4.69, 9.17) is 0 Å². The molecule has 1 atom stereocenters. The molecule has 0 aliphatic carbocycles. The lowest BCUT2D eigenvalue weighted by Crippen LogP contribution is -2.31. The summed E-state index contributed by atoms with van der Waals surface area (Å²) >= 11 is 0. The van der Waals surface area contributed by atoms with Gasteiger partial charge in [0.1, 0.15) is 5.82 Å². The highest BCUT2D eigenvalue weighted by atomic mass is 35.5. The third-order valence-electron chi connectivity index (χ3n) is 3.38. The van der Waals surface area contributed by atoms with Crippen LogP contribution >= 0.6 is 12.4 Å². The number of benzene rings is 1. The van der Waals surface area contributed by atoms with Crippen LogP contribution in [0, 0.1) is 12.7 Å². The van der Waals surface area contributed by atoms with Crippen molar-refractivity contribution < 1.29 is 9.18 Å². The van der Waals surface area contributed by atoms with Gasteiger partial charge in [0.15, 0.2) is 0 Å². The molecule has 1 saturated heterocycles. The Morgan fingerprint density at radius 1 is 1.53 bits per heavy atom. The highest BCUT2D eigenvalue weighted by Gasteiger charge is 2.15. The predicted molar refractivity (Wildman–Crippen MR) is 76.4 cm³/mol. The molecule has 0 bridgehead atoms. The van der Waals surface area contributed by atoms with Gasteiger partial charge < -0.3 is 10.6 Å². The molecule has 0 radical (unpaired) electrons. The molecule has 2 rings (SSSR count). The molecule has 1 amide bonds. The van der Waals surface area contributed by atoms with Gasteiger partial charge in [0.05, 0.1) is 5.56 Å². The standard InChI is InChI=1S/C14H19FN2O.ClH/c1-10-4-2-6-12(13(10)15)14(18)17-9-7-11-5-3-8-16-11;/h2,4,6,11,16H,3,5,7-9H2,1H3,(H,17,18);1H/t11-;/m1./s1. The Hall–Kier alpha value is -1.13. The number of halogens is 2. The van der Waals surface area contributed by atoms with Gasteiger partial charge in [-0.25, -0.2) is 4.39 Å². The lowest BCUT2D eigenvalue weighted by atomic mass is 10.1. The van der Waals surface area contributed by atoms with Crippen LogP contribution < -0.4 is 10.6 Å². The van der Waals surface area contributed by atoms with E-state index in [1.54, 1.807) is 19.1 Å². The molecule has 1 aromatic carbocycles. The van der Waals surface area contributed by atoms with Gasteiger partial charge in [0.25, 0.3) is 5.91 Å². The van der Waals surface area contributed by atoms with E-state index in [-0.39, 0.29) is 23.9 Å². The minimum absolute atomic E-state index is 0. The maximum atomic E-state index is 13.7. The number of hydrogen-bond donors (Lipinski definition) is 2. The zero-order valence-electron chi connectivity index (χ0n) is 11.0. The summed E-state index contributed by atoms with van der Waals surface area (Å²) in [5.41, 5.74) is 0.634. The number of amides is 1. The normalized spacial score (nSPS) is 17.9. The summed E-state index contributed by atoms with van der Waals surface area (Å²) < 4.78 is 13.7. The van der Waals surface area contributed by atoms with E-state index in [2.05, 4.69) is 10.6 Å². The Morgan fingerprint density at radius 2 is 2.32 bits per heavy atom. The van der Waals surface area contributed by atoms with E-state index in [0.29, 0.717) is 18.2 Å². The van der Waals surface area contributed by atoms with Gasteiger partial charge >= 0.3 is 0 Å². The van der Waals surface area contributed by atoms with Gasteiger partial charge in [0.2, 0.25) is 0 Å². The second kappa shape index (κ2) is 7.46. The number of hydrogen-bond acceptors (Lipinski definition) is 2. The van der Waals surface area contributed by atoms with Crippen LogP contribution in [0.25, 0.3) is 0 Å². The Bertz CT molecular complexity index is 433. The van der Waals surface area contributed by atoms with Crippen molar-refractivity contribution in [3.63, 3.8) is 0 Å². The fourth-order valence-electron chi connectivity index (χ4n) is 2.28. The SMILES string of the molecule is Cc1cccc(C(=O)NCC[C@H]2CCCN2)c1F.Cl. The molecule has 1 heterocycles. The zero-order valence-corrected chi connectivity index (χ0v) is 11.9. The van der Waals surface area contributed by atoms with Crippen LogP contribution in [-0.2, 0) is 0 Å². The maximum Gasteiger partial charge on any atom is 0.254 e. The Morgan fingerprint density at radius 3 is 3.00 bits per heavy atom. The molecule has 1 fully saturated rings. The lowest BCUT2D eigenvalue weighted by Gasteiger charge is -2.11. The third-order valence-corrected chi connectivity index (χ3v) is 3.38. The molecule has 0 saturated carbocycles. The maximum absolute atomic E-state index is 13.7. The Labute approximate surface area is 119 Å². The van der Waals surface area contributed by atoms with Crippen molar-refractivity contribution in [2.45, 2.75) is 32.2 Å². The second-order valence-electron chi connectivity index (χ2n) is 4.77. The van der Waals surface area contributed by atoms with E-state index in [0.717, 1.165) is 19.4 Å². The fraction of sp³-hybridized carbons (Fsp3) is 0.500. The van der Waals surface area contributed by atoms with Crippen molar-refractivity contribution in [2.24, 2.45) is 0 Å². The number of carbonyl (C=O) groups is 1. The minimum atomic E-state index is -0.422. The molecular formula is C14H20ClFN2O. The van der Waals surface area contributed by atoms with Gasteiger partial charge in [-0.3, -0.25) is 4.79 Å². The van der Waals surface area contributed by atoms with Gasteiger partial charge in [-0.1, -0.05) is 12.1 Å². The summed E-state index contributed by atoms with van der Waals surface area (Å²) in [6.07, 6.45) is 3.26.